The average molecular weight is 227 g/mol. The van der Waals surface area contributed by atoms with Crippen molar-refractivity contribution in [2.75, 3.05) is 26.7 Å². The Morgan fingerprint density at radius 1 is 1.44 bits per heavy atom. The van der Waals surface area contributed by atoms with Crippen LogP contribution in [-0.4, -0.2) is 49.4 Å². The monoisotopic (exact) mass is 227 g/mol. The first kappa shape index (κ1) is 13.0. The maximum absolute atomic E-state index is 11.8. The SMILES string of the molecule is CNC1CN(C(=O)CNC(C)=O)CCC1C. The van der Waals surface area contributed by atoms with Gasteiger partial charge in [-0.05, 0) is 19.4 Å². The summed E-state index contributed by atoms with van der Waals surface area (Å²) in [5, 5.41) is 5.76. The van der Waals surface area contributed by atoms with Gasteiger partial charge in [0.25, 0.3) is 0 Å². The van der Waals surface area contributed by atoms with E-state index in [0.717, 1.165) is 19.5 Å². The largest absolute Gasteiger partial charge is 0.347 e. The molecule has 92 valence electrons. The zero-order valence-corrected chi connectivity index (χ0v) is 10.2. The fourth-order valence-electron chi connectivity index (χ4n) is 1.98. The van der Waals surface area contributed by atoms with Crippen LogP contribution in [0.1, 0.15) is 20.3 Å². The van der Waals surface area contributed by atoms with E-state index >= 15 is 0 Å². The molecule has 2 amide bonds. The van der Waals surface area contributed by atoms with Gasteiger partial charge in [-0.2, -0.15) is 0 Å². The van der Waals surface area contributed by atoms with Crippen molar-refractivity contribution in [3.8, 4) is 0 Å². The molecule has 1 aliphatic rings. The summed E-state index contributed by atoms with van der Waals surface area (Å²) in [6.45, 7) is 5.24. The van der Waals surface area contributed by atoms with Crippen LogP contribution in [-0.2, 0) is 9.59 Å². The van der Waals surface area contributed by atoms with Crippen molar-refractivity contribution in [2.24, 2.45) is 5.92 Å². The van der Waals surface area contributed by atoms with E-state index in [2.05, 4.69) is 17.6 Å². The number of amides is 2. The minimum Gasteiger partial charge on any atom is -0.347 e. The Labute approximate surface area is 96.6 Å². The maximum Gasteiger partial charge on any atom is 0.242 e. The van der Waals surface area contributed by atoms with Crippen molar-refractivity contribution in [3.63, 3.8) is 0 Å². The quantitative estimate of drug-likeness (QED) is 0.688. The van der Waals surface area contributed by atoms with Gasteiger partial charge in [0.1, 0.15) is 0 Å². The minimum absolute atomic E-state index is 0.00218. The lowest BCUT2D eigenvalue weighted by Gasteiger charge is -2.37. The van der Waals surface area contributed by atoms with E-state index in [1.807, 2.05) is 11.9 Å². The van der Waals surface area contributed by atoms with Gasteiger partial charge in [0.2, 0.25) is 11.8 Å². The van der Waals surface area contributed by atoms with Gasteiger partial charge in [0.15, 0.2) is 0 Å². The van der Waals surface area contributed by atoms with Crippen molar-refractivity contribution >= 4 is 11.8 Å². The Morgan fingerprint density at radius 2 is 2.12 bits per heavy atom. The Balaban J connectivity index is 2.42. The van der Waals surface area contributed by atoms with Crippen molar-refractivity contribution in [1.29, 1.82) is 0 Å². The maximum atomic E-state index is 11.8. The van der Waals surface area contributed by atoms with Crippen molar-refractivity contribution in [3.05, 3.63) is 0 Å². The van der Waals surface area contributed by atoms with Gasteiger partial charge in [-0.25, -0.2) is 0 Å². The zero-order valence-electron chi connectivity index (χ0n) is 10.2. The van der Waals surface area contributed by atoms with E-state index < -0.39 is 0 Å². The van der Waals surface area contributed by atoms with Crippen LogP contribution >= 0.6 is 0 Å². The average Bonchev–Trinajstić information content (AvgIpc) is 2.26. The van der Waals surface area contributed by atoms with Crippen LogP contribution in [0.2, 0.25) is 0 Å². The van der Waals surface area contributed by atoms with Crippen molar-refractivity contribution in [2.45, 2.75) is 26.3 Å². The molecule has 5 nitrogen and oxygen atoms in total. The highest BCUT2D eigenvalue weighted by molar-refractivity contribution is 5.83. The number of rotatable bonds is 3. The number of carbonyl (C=O) groups is 2. The summed E-state index contributed by atoms with van der Waals surface area (Å²) in [5.41, 5.74) is 0. The molecule has 0 saturated carbocycles. The molecule has 2 unspecified atom stereocenters. The molecule has 2 N–H and O–H groups in total. The molecule has 1 saturated heterocycles. The van der Waals surface area contributed by atoms with Gasteiger partial charge in [-0.1, -0.05) is 6.92 Å². The van der Waals surface area contributed by atoms with Crippen molar-refractivity contribution in [1.82, 2.24) is 15.5 Å². The van der Waals surface area contributed by atoms with Crippen LogP contribution in [0.4, 0.5) is 0 Å². The van der Waals surface area contributed by atoms with Crippen LogP contribution in [0.15, 0.2) is 0 Å². The smallest absolute Gasteiger partial charge is 0.242 e. The molecule has 1 rings (SSSR count). The van der Waals surface area contributed by atoms with E-state index in [4.69, 9.17) is 0 Å². The molecular weight excluding hydrogens is 206 g/mol. The molecule has 1 fully saturated rings. The summed E-state index contributed by atoms with van der Waals surface area (Å²) < 4.78 is 0. The molecule has 2 atom stereocenters. The number of likely N-dealkylation sites (tertiary alicyclic amines) is 1. The lowest BCUT2D eigenvalue weighted by atomic mass is 9.93. The Bertz CT molecular complexity index is 268. The lowest BCUT2D eigenvalue weighted by Crippen LogP contribution is -2.52. The van der Waals surface area contributed by atoms with Crippen LogP contribution < -0.4 is 10.6 Å². The molecule has 0 aliphatic carbocycles. The summed E-state index contributed by atoms with van der Waals surface area (Å²) in [6.07, 6.45) is 1.01. The predicted molar refractivity (Wildman–Crippen MR) is 61.9 cm³/mol. The summed E-state index contributed by atoms with van der Waals surface area (Å²) in [4.78, 5) is 24.3. The van der Waals surface area contributed by atoms with Gasteiger partial charge < -0.3 is 15.5 Å². The molecule has 0 aromatic heterocycles. The molecule has 0 radical (unpaired) electrons. The summed E-state index contributed by atoms with van der Waals surface area (Å²) in [5.74, 6) is 0.432. The third-order valence-corrected chi connectivity index (χ3v) is 3.17. The number of nitrogens with zero attached hydrogens (tertiary/aromatic N) is 1. The minimum atomic E-state index is -0.163. The summed E-state index contributed by atoms with van der Waals surface area (Å²) >= 11 is 0. The number of carbonyl (C=O) groups excluding carboxylic acids is 2. The topological polar surface area (TPSA) is 61.4 Å². The fourth-order valence-corrected chi connectivity index (χ4v) is 1.98. The van der Waals surface area contributed by atoms with Crippen LogP contribution in [0.3, 0.4) is 0 Å². The van der Waals surface area contributed by atoms with Crippen LogP contribution in [0, 0.1) is 5.92 Å². The van der Waals surface area contributed by atoms with Gasteiger partial charge in [-0.15, -0.1) is 0 Å². The third kappa shape index (κ3) is 3.48. The van der Waals surface area contributed by atoms with Gasteiger partial charge in [-0.3, -0.25) is 9.59 Å². The second-order valence-electron chi connectivity index (χ2n) is 4.41. The van der Waals surface area contributed by atoms with Gasteiger partial charge >= 0.3 is 0 Å². The number of hydrogen-bond donors (Lipinski definition) is 2. The highest BCUT2D eigenvalue weighted by Gasteiger charge is 2.27. The first-order valence-electron chi connectivity index (χ1n) is 5.74. The normalized spacial score (nSPS) is 25.3. The standard InChI is InChI=1S/C11H21N3O2/c1-8-4-5-14(7-10(8)12-3)11(16)6-13-9(2)15/h8,10,12H,4-7H2,1-3H3,(H,13,15). The molecular formula is C11H21N3O2. The van der Waals surface area contributed by atoms with Crippen LogP contribution in [0.25, 0.3) is 0 Å². The van der Waals surface area contributed by atoms with Crippen molar-refractivity contribution < 1.29 is 9.59 Å². The molecule has 5 heteroatoms. The van der Waals surface area contributed by atoms with Crippen LogP contribution in [0.5, 0.6) is 0 Å². The fraction of sp³-hybridized carbons (Fsp3) is 0.818. The molecule has 0 aromatic rings. The Morgan fingerprint density at radius 3 is 2.69 bits per heavy atom. The van der Waals surface area contributed by atoms with E-state index in [9.17, 15) is 9.59 Å². The van der Waals surface area contributed by atoms with E-state index in [1.165, 1.54) is 6.92 Å². The second-order valence-corrected chi connectivity index (χ2v) is 4.41. The van der Waals surface area contributed by atoms with E-state index in [1.54, 1.807) is 0 Å². The number of likely N-dealkylation sites (N-methyl/N-ethyl adjacent to an activating group) is 1. The number of nitrogens with one attached hydrogen (secondary N) is 2. The lowest BCUT2D eigenvalue weighted by molar-refractivity contribution is -0.134. The molecule has 16 heavy (non-hydrogen) atoms. The highest BCUT2D eigenvalue weighted by Crippen LogP contribution is 2.16. The predicted octanol–water partition coefficient (Wildman–Crippen LogP) is -0.421. The Hall–Kier alpha value is -1.10. The Kier molecular flexibility index (Phi) is 4.73. The number of hydrogen-bond acceptors (Lipinski definition) is 3. The molecule has 0 spiro atoms. The first-order valence-corrected chi connectivity index (χ1v) is 5.74. The van der Waals surface area contributed by atoms with Gasteiger partial charge in [0, 0.05) is 26.1 Å². The zero-order chi connectivity index (χ0) is 12.1. The van der Waals surface area contributed by atoms with E-state index in [-0.39, 0.29) is 18.4 Å². The third-order valence-electron chi connectivity index (χ3n) is 3.17. The molecule has 1 heterocycles. The first-order chi connectivity index (χ1) is 7.54. The summed E-state index contributed by atoms with van der Waals surface area (Å²) in [7, 11) is 1.92. The van der Waals surface area contributed by atoms with Gasteiger partial charge in [0.05, 0.1) is 6.54 Å². The molecule has 1 aliphatic heterocycles. The molecule has 0 aromatic carbocycles. The number of piperidine rings is 1. The second kappa shape index (κ2) is 5.84. The van der Waals surface area contributed by atoms with E-state index in [0.29, 0.717) is 12.0 Å². The molecule has 0 bridgehead atoms. The summed E-state index contributed by atoms with van der Waals surface area (Å²) in [6, 6.07) is 0.357. The highest BCUT2D eigenvalue weighted by atomic mass is 16.2.